The van der Waals surface area contributed by atoms with Gasteiger partial charge in [0.1, 0.15) is 0 Å². The Labute approximate surface area is 135 Å². The summed E-state index contributed by atoms with van der Waals surface area (Å²) in [5.74, 6) is -0.120. The average Bonchev–Trinajstić information content (AvgIpc) is 2.82. The molecule has 0 bridgehead atoms. The Morgan fingerprint density at radius 2 is 1.76 bits per heavy atom. The number of thioether (sulfide) groups is 1. The number of rotatable bonds is 2. The maximum atomic E-state index is 12.0. The van der Waals surface area contributed by atoms with Crippen LogP contribution >= 0.6 is 27.7 Å². The van der Waals surface area contributed by atoms with Crippen molar-refractivity contribution in [3.8, 4) is 0 Å². The number of nitrogens with zero attached hydrogens (tertiary/aromatic N) is 1. The first-order valence-corrected chi connectivity index (χ1v) is 7.92. The second-order valence-corrected chi connectivity index (χ2v) is 6.22. The van der Waals surface area contributed by atoms with Gasteiger partial charge in [-0.2, -0.15) is 0 Å². The van der Waals surface area contributed by atoms with E-state index in [1.165, 1.54) is 11.8 Å². The van der Waals surface area contributed by atoms with Gasteiger partial charge < -0.3 is 5.32 Å². The van der Waals surface area contributed by atoms with Crippen LogP contribution in [0.4, 0.5) is 5.69 Å². The van der Waals surface area contributed by atoms with Crippen LogP contribution in [0.15, 0.2) is 69.0 Å². The highest BCUT2D eigenvalue weighted by molar-refractivity contribution is 9.10. The van der Waals surface area contributed by atoms with Crippen LogP contribution in [-0.4, -0.2) is 11.1 Å². The summed E-state index contributed by atoms with van der Waals surface area (Å²) in [6, 6.07) is 17.3. The zero-order chi connectivity index (χ0) is 14.7. The molecule has 3 rings (SSSR count). The summed E-state index contributed by atoms with van der Waals surface area (Å²) >= 11 is 4.82. The van der Waals surface area contributed by atoms with Gasteiger partial charge in [0.25, 0.3) is 5.91 Å². The van der Waals surface area contributed by atoms with E-state index in [0.717, 1.165) is 15.7 Å². The van der Waals surface area contributed by atoms with Crippen molar-refractivity contribution in [1.29, 1.82) is 0 Å². The monoisotopic (exact) mass is 358 g/mol. The molecule has 1 N–H and O–H groups in total. The van der Waals surface area contributed by atoms with Crippen molar-refractivity contribution in [2.45, 2.75) is 0 Å². The maximum Gasteiger partial charge on any atom is 0.264 e. The lowest BCUT2D eigenvalue weighted by atomic mass is 10.2. The van der Waals surface area contributed by atoms with Gasteiger partial charge in [-0.25, -0.2) is 4.99 Å². The number of hydrogen-bond acceptors (Lipinski definition) is 3. The molecule has 1 saturated heterocycles. The van der Waals surface area contributed by atoms with E-state index in [0.29, 0.717) is 10.1 Å². The molecule has 1 fully saturated rings. The highest BCUT2D eigenvalue weighted by atomic mass is 79.9. The molecule has 1 heterocycles. The molecule has 0 aromatic heterocycles. The average molecular weight is 359 g/mol. The lowest BCUT2D eigenvalue weighted by Crippen LogP contribution is -2.19. The Kier molecular flexibility index (Phi) is 4.22. The van der Waals surface area contributed by atoms with E-state index in [1.807, 2.05) is 60.7 Å². The molecule has 104 valence electrons. The van der Waals surface area contributed by atoms with Gasteiger partial charge in [0.2, 0.25) is 0 Å². The molecule has 0 radical (unpaired) electrons. The third-order valence-electron chi connectivity index (χ3n) is 2.83. The molecule has 1 amide bonds. The van der Waals surface area contributed by atoms with Crippen molar-refractivity contribution in [3.63, 3.8) is 0 Å². The summed E-state index contributed by atoms with van der Waals surface area (Å²) < 4.78 is 0.958. The van der Waals surface area contributed by atoms with Crippen LogP contribution in [0.3, 0.4) is 0 Å². The number of benzene rings is 2. The van der Waals surface area contributed by atoms with Crippen LogP contribution < -0.4 is 5.32 Å². The van der Waals surface area contributed by atoms with E-state index in [4.69, 9.17) is 0 Å². The molecule has 5 heteroatoms. The van der Waals surface area contributed by atoms with Gasteiger partial charge in [-0.15, -0.1) is 0 Å². The van der Waals surface area contributed by atoms with Crippen molar-refractivity contribution < 1.29 is 4.79 Å². The molecule has 0 unspecified atom stereocenters. The molecule has 0 saturated carbocycles. The summed E-state index contributed by atoms with van der Waals surface area (Å²) in [6.07, 6.45) is 1.86. The largest absolute Gasteiger partial charge is 0.300 e. The molecule has 1 aliphatic heterocycles. The second-order valence-electron chi connectivity index (χ2n) is 4.34. The van der Waals surface area contributed by atoms with E-state index < -0.39 is 0 Å². The minimum absolute atomic E-state index is 0.120. The van der Waals surface area contributed by atoms with E-state index in [1.54, 1.807) is 0 Å². The van der Waals surface area contributed by atoms with E-state index >= 15 is 0 Å². The van der Waals surface area contributed by atoms with Crippen LogP contribution in [0.2, 0.25) is 0 Å². The number of aliphatic imine (C=N–C) groups is 1. The van der Waals surface area contributed by atoms with Crippen LogP contribution in [0, 0.1) is 0 Å². The highest BCUT2D eigenvalue weighted by Crippen LogP contribution is 2.29. The molecule has 0 spiro atoms. The first kappa shape index (κ1) is 14.1. The fourth-order valence-corrected chi connectivity index (χ4v) is 3.07. The Hall–Kier alpha value is -1.85. The second kappa shape index (κ2) is 6.28. The van der Waals surface area contributed by atoms with Crippen molar-refractivity contribution in [1.82, 2.24) is 5.32 Å². The lowest BCUT2D eigenvalue weighted by Gasteiger charge is -1.97. The summed E-state index contributed by atoms with van der Waals surface area (Å²) in [5.41, 5.74) is 1.79. The van der Waals surface area contributed by atoms with Gasteiger partial charge in [0.15, 0.2) is 5.17 Å². The Morgan fingerprint density at radius 3 is 2.52 bits per heavy atom. The lowest BCUT2D eigenvalue weighted by molar-refractivity contribution is -0.115. The molecule has 21 heavy (non-hydrogen) atoms. The molecular formula is C16H11BrN2OS. The standard InChI is InChI=1S/C16H11BrN2OS/c17-13-9-5-4-6-11(13)10-14-15(20)19-16(21-14)18-12-7-2-1-3-8-12/h1-10H,(H,18,19,20). The number of amides is 1. The van der Waals surface area contributed by atoms with Crippen molar-refractivity contribution in [2.75, 3.05) is 0 Å². The third-order valence-corrected chi connectivity index (χ3v) is 4.46. The Balaban J connectivity index is 1.86. The van der Waals surface area contributed by atoms with Crippen LogP contribution in [0.5, 0.6) is 0 Å². The maximum absolute atomic E-state index is 12.0. The topological polar surface area (TPSA) is 41.5 Å². The highest BCUT2D eigenvalue weighted by Gasteiger charge is 2.23. The third kappa shape index (κ3) is 3.43. The number of para-hydroxylation sites is 1. The van der Waals surface area contributed by atoms with Crippen molar-refractivity contribution >= 4 is 50.5 Å². The smallest absolute Gasteiger partial charge is 0.264 e. The van der Waals surface area contributed by atoms with Gasteiger partial charge in [-0.05, 0) is 41.6 Å². The molecule has 0 atom stereocenters. The first-order valence-electron chi connectivity index (χ1n) is 6.31. The summed E-state index contributed by atoms with van der Waals surface area (Å²) in [4.78, 5) is 17.0. The van der Waals surface area contributed by atoms with E-state index in [-0.39, 0.29) is 5.91 Å². The zero-order valence-electron chi connectivity index (χ0n) is 10.9. The summed E-state index contributed by atoms with van der Waals surface area (Å²) in [6.45, 7) is 0. The Morgan fingerprint density at radius 1 is 1.05 bits per heavy atom. The van der Waals surface area contributed by atoms with Gasteiger partial charge in [0.05, 0.1) is 10.6 Å². The van der Waals surface area contributed by atoms with Gasteiger partial charge in [0, 0.05) is 4.47 Å². The summed E-state index contributed by atoms with van der Waals surface area (Å²) in [7, 11) is 0. The first-order chi connectivity index (χ1) is 10.2. The number of carbonyl (C=O) groups excluding carboxylic acids is 1. The van der Waals surface area contributed by atoms with Crippen LogP contribution in [0.1, 0.15) is 5.56 Å². The number of halogens is 1. The molecular weight excluding hydrogens is 348 g/mol. The Bertz CT molecular complexity index is 741. The predicted molar refractivity (Wildman–Crippen MR) is 91.4 cm³/mol. The molecule has 2 aromatic rings. The molecule has 2 aromatic carbocycles. The number of carbonyl (C=O) groups is 1. The van der Waals surface area contributed by atoms with Crippen molar-refractivity contribution in [3.05, 3.63) is 69.5 Å². The van der Waals surface area contributed by atoms with E-state index in [2.05, 4.69) is 26.2 Å². The zero-order valence-corrected chi connectivity index (χ0v) is 13.3. The van der Waals surface area contributed by atoms with Crippen molar-refractivity contribution in [2.24, 2.45) is 4.99 Å². The predicted octanol–water partition coefficient (Wildman–Crippen LogP) is 4.34. The van der Waals surface area contributed by atoms with E-state index in [9.17, 15) is 4.79 Å². The van der Waals surface area contributed by atoms with Crippen LogP contribution in [0.25, 0.3) is 6.08 Å². The van der Waals surface area contributed by atoms with Crippen LogP contribution in [-0.2, 0) is 4.79 Å². The minimum atomic E-state index is -0.120. The van der Waals surface area contributed by atoms with Gasteiger partial charge in [-0.3, -0.25) is 4.79 Å². The number of amidine groups is 1. The molecule has 1 aliphatic rings. The quantitative estimate of drug-likeness (QED) is 0.811. The SMILES string of the molecule is O=C1NC(=Nc2ccccc2)SC1=Cc1ccccc1Br. The molecule has 3 nitrogen and oxygen atoms in total. The van der Waals surface area contributed by atoms with Gasteiger partial charge in [-0.1, -0.05) is 52.3 Å². The minimum Gasteiger partial charge on any atom is -0.300 e. The fourth-order valence-electron chi connectivity index (χ4n) is 1.83. The summed E-state index contributed by atoms with van der Waals surface area (Å²) in [5, 5.41) is 3.38. The number of hydrogen-bond donors (Lipinski definition) is 1. The molecule has 0 aliphatic carbocycles. The fraction of sp³-hybridized carbons (Fsp3) is 0. The van der Waals surface area contributed by atoms with Gasteiger partial charge >= 0.3 is 0 Å². The number of nitrogens with one attached hydrogen (secondary N) is 1. The normalized spacial score (nSPS) is 18.2.